The van der Waals surface area contributed by atoms with Gasteiger partial charge in [-0.1, -0.05) is 6.07 Å². The van der Waals surface area contributed by atoms with E-state index in [1.165, 1.54) is 0 Å². The van der Waals surface area contributed by atoms with Crippen LogP contribution in [0, 0.1) is 0 Å². The average Bonchev–Trinajstić information content (AvgIpc) is 2.61. The Kier molecular flexibility index (Phi) is 4.66. The van der Waals surface area contributed by atoms with Gasteiger partial charge < -0.3 is 20.1 Å². The summed E-state index contributed by atoms with van der Waals surface area (Å²) in [6.45, 7) is 0.663. The van der Waals surface area contributed by atoms with Crippen LogP contribution in [0.5, 0.6) is 11.5 Å². The average molecular weight is 391 g/mol. The number of amides is 1. The summed E-state index contributed by atoms with van der Waals surface area (Å²) in [5.41, 5.74) is 9.23. The minimum atomic E-state index is -0.0920. The molecule has 6 heteroatoms. The van der Waals surface area contributed by atoms with Crippen LogP contribution in [0.3, 0.4) is 0 Å². The van der Waals surface area contributed by atoms with Crippen molar-refractivity contribution in [3.63, 3.8) is 0 Å². The molecule has 1 aliphatic rings. The van der Waals surface area contributed by atoms with E-state index in [1.807, 2.05) is 18.2 Å². The Morgan fingerprint density at radius 3 is 2.50 bits per heavy atom. The predicted molar refractivity (Wildman–Crippen MR) is 98.1 cm³/mol. The van der Waals surface area contributed by atoms with E-state index in [2.05, 4.69) is 15.9 Å². The number of benzene rings is 2. The first kappa shape index (κ1) is 16.6. The van der Waals surface area contributed by atoms with E-state index in [9.17, 15) is 4.79 Å². The molecular weight excluding hydrogens is 372 g/mol. The fourth-order valence-electron chi connectivity index (χ4n) is 3.01. The van der Waals surface area contributed by atoms with E-state index in [1.54, 1.807) is 31.3 Å². The molecule has 0 saturated carbocycles. The number of hydrogen-bond donors (Lipinski definition) is 1. The van der Waals surface area contributed by atoms with Gasteiger partial charge in [-0.2, -0.15) is 0 Å². The second kappa shape index (κ2) is 6.73. The van der Waals surface area contributed by atoms with Gasteiger partial charge >= 0.3 is 0 Å². The van der Waals surface area contributed by atoms with Gasteiger partial charge in [-0.15, -0.1) is 0 Å². The van der Waals surface area contributed by atoms with Crippen molar-refractivity contribution in [3.05, 3.63) is 45.9 Å². The molecule has 1 aliphatic heterocycles. The largest absolute Gasteiger partial charge is 0.495 e. The quantitative estimate of drug-likeness (QED) is 0.812. The van der Waals surface area contributed by atoms with E-state index in [0.29, 0.717) is 28.1 Å². The number of nitrogens with zero attached hydrogens (tertiary/aromatic N) is 1. The molecule has 5 nitrogen and oxygen atoms in total. The van der Waals surface area contributed by atoms with Crippen molar-refractivity contribution < 1.29 is 14.3 Å². The summed E-state index contributed by atoms with van der Waals surface area (Å²) in [6.07, 6.45) is 1.77. The highest BCUT2D eigenvalue weighted by Gasteiger charge is 2.26. The number of fused-ring (bicyclic) bond motifs is 1. The molecule has 0 bridgehead atoms. The number of ether oxygens (including phenoxy) is 2. The zero-order valence-corrected chi connectivity index (χ0v) is 15.2. The molecule has 0 spiro atoms. The fourth-order valence-corrected chi connectivity index (χ4v) is 3.56. The molecule has 2 N–H and O–H groups in total. The number of nitrogens with two attached hydrogens (primary N) is 1. The van der Waals surface area contributed by atoms with Crippen LogP contribution in [-0.4, -0.2) is 26.7 Å². The third-order valence-corrected chi connectivity index (χ3v) is 5.01. The topological polar surface area (TPSA) is 64.8 Å². The fraction of sp³-hybridized carbons (Fsp3) is 0.278. The highest BCUT2D eigenvalue weighted by Crippen LogP contribution is 2.37. The highest BCUT2D eigenvalue weighted by molar-refractivity contribution is 9.10. The van der Waals surface area contributed by atoms with Crippen LogP contribution < -0.4 is 20.1 Å². The molecule has 0 radical (unpaired) electrons. The number of rotatable bonds is 3. The summed E-state index contributed by atoms with van der Waals surface area (Å²) in [6, 6.07) is 9.13. The molecule has 1 heterocycles. The number of carbonyl (C=O) groups is 1. The monoisotopic (exact) mass is 390 g/mol. The Balaban J connectivity index is 2.04. The van der Waals surface area contributed by atoms with Gasteiger partial charge in [-0.05, 0) is 58.6 Å². The summed E-state index contributed by atoms with van der Waals surface area (Å²) in [4.78, 5) is 14.9. The van der Waals surface area contributed by atoms with E-state index in [4.69, 9.17) is 15.2 Å². The summed E-state index contributed by atoms with van der Waals surface area (Å²) in [5, 5.41) is 0. The smallest absolute Gasteiger partial charge is 0.258 e. The molecule has 0 aliphatic carbocycles. The van der Waals surface area contributed by atoms with Crippen molar-refractivity contribution in [3.8, 4) is 11.5 Å². The Morgan fingerprint density at radius 1 is 1.21 bits per heavy atom. The van der Waals surface area contributed by atoms with Gasteiger partial charge in [-0.3, -0.25) is 4.79 Å². The second-order valence-corrected chi connectivity index (χ2v) is 6.39. The van der Waals surface area contributed by atoms with Crippen molar-refractivity contribution in [1.29, 1.82) is 0 Å². The third-order valence-electron chi connectivity index (χ3n) is 4.22. The summed E-state index contributed by atoms with van der Waals surface area (Å²) in [5.74, 6) is 1.02. The molecule has 0 saturated heterocycles. The Morgan fingerprint density at radius 2 is 1.88 bits per heavy atom. The molecule has 0 fully saturated rings. The maximum atomic E-state index is 13.1. The van der Waals surface area contributed by atoms with Crippen LogP contribution in [0.2, 0.25) is 0 Å². The van der Waals surface area contributed by atoms with Gasteiger partial charge in [0.1, 0.15) is 16.0 Å². The summed E-state index contributed by atoms with van der Waals surface area (Å²) in [7, 11) is 3.12. The van der Waals surface area contributed by atoms with Crippen molar-refractivity contribution in [2.24, 2.45) is 0 Å². The van der Waals surface area contributed by atoms with Crippen LogP contribution in [0.4, 0.5) is 11.4 Å². The minimum absolute atomic E-state index is 0.0920. The Hall–Kier alpha value is -2.21. The van der Waals surface area contributed by atoms with Crippen LogP contribution in [0.1, 0.15) is 22.3 Å². The van der Waals surface area contributed by atoms with E-state index >= 15 is 0 Å². The van der Waals surface area contributed by atoms with E-state index in [-0.39, 0.29) is 5.91 Å². The zero-order chi connectivity index (χ0) is 17.3. The van der Waals surface area contributed by atoms with Gasteiger partial charge in [0.15, 0.2) is 0 Å². The molecule has 24 heavy (non-hydrogen) atoms. The molecule has 1 amide bonds. The minimum Gasteiger partial charge on any atom is -0.495 e. The van der Waals surface area contributed by atoms with Crippen LogP contribution in [0.15, 0.2) is 34.8 Å². The summed E-state index contributed by atoms with van der Waals surface area (Å²) >= 11 is 3.42. The molecule has 2 aromatic carbocycles. The zero-order valence-electron chi connectivity index (χ0n) is 13.6. The molecule has 0 atom stereocenters. The molecular formula is C18H19BrN2O3. The number of halogens is 1. The lowest BCUT2D eigenvalue weighted by Gasteiger charge is -2.30. The van der Waals surface area contributed by atoms with Crippen molar-refractivity contribution in [1.82, 2.24) is 0 Å². The van der Waals surface area contributed by atoms with Gasteiger partial charge in [-0.25, -0.2) is 0 Å². The highest BCUT2D eigenvalue weighted by atomic mass is 79.9. The lowest BCUT2D eigenvalue weighted by molar-refractivity contribution is 0.0984. The Bertz CT molecular complexity index is 767. The van der Waals surface area contributed by atoms with Crippen molar-refractivity contribution in [2.45, 2.75) is 12.8 Å². The number of anilines is 2. The van der Waals surface area contributed by atoms with Crippen LogP contribution >= 0.6 is 15.9 Å². The maximum Gasteiger partial charge on any atom is 0.258 e. The standard InChI is InChI=1S/C18H19BrN2O3/c1-23-15-9-11(10-16(24-2)17(15)19)18(22)21-8-4-5-12-13(20)6-3-7-14(12)21/h3,6-7,9-10H,4-5,8,20H2,1-2H3. The number of hydrogen-bond acceptors (Lipinski definition) is 4. The maximum absolute atomic E-state index is 13.1. The van der Waals surface area contributed by atoms with Crippen molar-refractivity contribution in [2.75, 3.05) is 31.4 Å². The third kappa shape index (κ3) is 2.82. The number of methoxy groups -OCH3 is 2. The molecule has 3 rings (SSSR count). The lowest BCUT2D eigenvalue weighted by atomic mass is 9.99. The van der Waals surface area contributed by atoms with Gasteiger partial charge in [0.05, 0.1) is 14.2 Å². The first-order valence-electron chi connectivity index (χ1n) is 7.67. The van der Waals surface area contributed by atoms with Gasteiger partial charge in [0.2, 0.25) is 0 Å². The first-order valence-corrected chi connectivity index (χ1v) is 8.47. The van der Waals surface area contributed by atoms with E-state index < -0.39 is 0 Å². The van der Waals surface area contributed by atoms with E-state index in [0.717, 1.165) is 29.8 Å². The van der Waals surface area contributed by atoms with Gasteiger partial charge in [0.25, 0.3) is 5.91 Å². The molecule has 126 valence electrons. The number of nitrogen functional groups attached to an aromatic ring is 1. The summed E-state index contributed by atoms with van der Waals surface area (Å²) < 4.78 is 11.4. The van der Waals surface area contributed by atoms with Crippen LogP contribution in [-0.2, 0) is 6.42 Å². The normalized spacial score (nSPS) is 13.4. The molecule has 0 unspecified atom stereocenters. The Labute approximate surface area is 149 Å². The molecule has 0 aromatic heterocycles. The van der Waals surface area contributed by atoms with Gasteiger partial charge in [0, 0.05) is 23.5 Å². The van der Waals surface area contributed by atoms with Crippen molar-refractivity contribution >= 4 is 33.2 Å². The number of carbonyl (C=O) groups excluding carboxylic acids is 1. The second-order valence-electron chi connectivity index (χ2n) is 5.60. The predicted octanol–water partition coefficient (Wildman–Crippen LogP) is 3.64. The lowest BCUT2D eigenvalue weighted by Crippen LogP contribution is -2.35. The first-order chi connectivity index (χ1) is 11.6. The van der Waals surface area contributed by atoms with Crippen LogP contribution in [0.25, 0.3) is 0 Å². The molecule has 2 aromatic rings. The SMILES string of the molecule is COc1cc(C(=O)N2CCCc3c(N)cccc32)cc(OC)c1Br.